The average Bonchev–Trinajstić information content (AvgIpc) is 2.54. The van der Waals surface area contributed by atoms with Gasteiger partial charge in [0.15, 0.2) is 5.11 Å². The Morgan fingerprint density at radius 1 is 0.739 bits per heavy atom. The van der Waals surface area contributed by atoms with E-state index in [1.165, 1.54) is 0 Å². The van der Waals surface area contributed by atoms with Gasteiger partial charge in [-0.3, -0.25) is 25.8 Å². The van der Waals surface area contributed by atoms with Gasteiger partial charge in [0, 0.05) is 20.1 Å². The van der Waals surface area contributed by atoms with Gasteiger partial charge in [-0.1, -0.05) is 31.9 Å². The number of hydrogen-bond donors (Lipinski definition) is 3. The Kier molecular flexibility index (Phi) is 6.26. The van der Waals surface area contributed by atoms with E-state index in [4.69, 9.17) is 12.2 Å². The van der Waals surface area contributed by atoms with Gasteiger partial charge in [-0.25, -0.2) is 0 Å². The molecular formula is C15H11Br2N3O2S. The van der Waals surface area contributed by atoms with E-state index in [1.54, 1.807) is 48.5 Å². The Morgan fingerprint density at radius 2 is 1.17 bits per heavy atom. The number of hydrazine groups is 1. The third-order valence-electron chi connectivity index (χ3n) is 2.73. The van der Waals surface area contributed by atoms with Crippen LogP contribution in [0.15, 0.2) is 57.5 Å². The van der Waals surface area contributed by atoms with Crippen LogP contribution in [0.5, 0.6) is 0 Å². The monoisotopic (exact) mass is 455 g/mol. The van der Waals surface area contributed by atoms with Crippen LogP contribution in [0.1, 0.15) is 20.7 Å². The highest BCUT2D eigenvalue weighted by atomic mass is 79.9. The standard InChI is InChI=1S/C15H11Br2N3O2S/c16-11-5-1-9(2-6-11)13(21)18-15(23)20-19-14(22)10-3-7-12(17)8-4-10/h1-8H,(H,19,22)(H2,18,20,21,23). The molecule has 0 aromatic heterocycles. The van der Waals surface area contributed by atoms with Crippen LogP contribution in [0.25, 0.3) is 0 Å². The zero-order valence-corrected chi connectivity index (χ0v) is 15.6. The molecule has 3 N–H and O–H groups in total. The van der Waals surface area contributed by atoms with E-state index in [2.05, 4.69) is 48.0 Å². The normalized spacial score (nSPS) is 9.83. The molecule has 0 spiro atoms. The Labute approximate surface area is 155 Å². The predicted molar refractivity (Wildman–Crippen MR) is 99.0 cm³/mol. The first-order valence-corrected chi connectivity index (χ1v) is 8.38. The zero-order chi connectivity index (χ0) is 16.8. The number of thiocarbonyl (C=S) groups is 1. The molecule has 118 valence electrons. The van der Waals surface area contributed by atoms with Gasteiger partial charge in [-0.2, -0.15) is 0 Å². The van der Waals surface area contributed by atoms with E-state index in [9.17, 15) is 9.59 Å². The van der Waals surface area contributed by atoms with Crippen LogP contribution in [0.4, 0.5) is 0 Å². The number of rotatable bonds is 2. The summed E-state index contributed by atoms with van der Waals surface area (Å²) in [7, 11) is 0. The van der Waals surface area contributed by atoms with Crippen molar-refractivity contribution in [3.8, 4) is 0 Å². The van der Waals surface area contributed by atoms with Crippen LogP contribution < -0.4 is 16.2 Å². The number of carbonyl (C=O) groups excluding carboxylic acids is 2. The lowest BCUT2D eigenvalue weighted by molar-refractivity contribution is 0.0934. The number of benzene rings is 2. The molecule has 23 heavy (non-hydrogen) atoms. The topological polar surface area (TPSA) is 70.2 Å². The van der Waals surface area contributed by atoms with E-state index in [0.29, 0.717) is 11.1 Å². The van der Waals surface area contributed by atoms with Crippen molar-refractivity contribution in [1.82, 2.24) is 16.2 Å². The SMILES string of the molecule is O=C(NNC(=S)NC(=O)c1ccc(Br)cc1)c1ccc(Br)cc1. The summed E-state index contributed by atoms with van der Waals surface area (Å²) in [5, 5.41) is 2.48. The first-order valence-electron chi connectivity index (χ1n) is 6.38. The zero-order valence-electron chi connectivity index (χ0n) is 11.6. The van der Waals surface area contributed by atoms with E-state index in [0.717, 1.165) is 8.95 Å². The van der Waals surface area contributed by atoms with Crippen molar-refractivity contribution in [2.45, 2.75) is 0 Å². The number of hydrogen-bond acceptors (Lipinski definition) is 3. The molecule has 5 nitrogen and oxygen atoms in total. The fraction of sp³-hybridized carbons (Fsp3) is 0. The van der Waals surface area contributed by atoms with Crippen molar-refractivity contribution in [2.75, 3.05) is 0 Å². The van der Waals surface area contributed by atoms with Crippen molar-refractivity contribution >= 4 is 61.0 Å². The minimum Gasteiger partial charge on any atom is -0.298 e. The van der Waals surface area contributed by atoms with Gasteiger partial charge in [-0.15, -0.1) is 0 Å². The maximum absolute atomic E-state index is 11.9. The highest BCUT2D eigenvalue weighted by Gasteiger charge is 2.09. The van der Waals surface area contributed by atoms with Gasteiger partial charge in [-0.05, 0) is 60.7 Å². The minimum absolute atomic E-state index is 0.00313. The molecule has 0 atom stereocenters. The number of amides is 2. The Hall–Kier alpha value is -1.77. The first-order chi connectivity index (χ1) is 11.0. The second-order valence-electron chi connectivity index (χ2n) is 4.38. The molecule has 2 rings (SSSR count). The summed E-state index contributed by atoms with van der Waals surface area (Å²) in [6.07, 6.45) is 0. The first kappa shape index (κ1) is 17.6. The van der Waals surface area contributed by atoms with Crippen molar-refractivity contribution in [3.05, 3.63) is 68.6 Å². The number of nitrogens with one attached hydrogen (secondary N) is 3. The van der Waals surface area contributed by atoms with Gasteiger partial charge in [0.05, 0.1) is 0 Å². The molecule has 0 radical (unpaired) electrons. The van der Waals surface area contributed by atoms with Crippen molar-refractivity contribution in [1.29, 1.82) is 0 Å². The van der Waals surface area contributed by atoms with E-state index >= 15 is 0 Å². The molecule has 2 aromatic carbocycles. The molecule has 0 saturated heterocycles. The second-order valence-corrected chi connectivity index (χ2v) is 6.62. The highest BCUT2D eigenvalue weighted by molar-refractivity contribution is 9.10. The predicted octanol–water partition coefficient (Wildman–Crippen LogP) is 3.16. The molecule has 0 aliphatic rings. The Balaban J connectivity index is 1.85. The number of carbonyl (C=O) groups is 2. The fourth-order valence-corrected chi connectivity index (χ4v) is 2.27. The summed E-state index contributed by atoms with van der Waals surface area (Å²) in [5.41, 5.74) is 5.82. The van der Waals surface area contributed by atoms with Crippen molar-refractivity contribution < 1.29 is 9.59 Å². The van der Waals surface area contributed by atoms with Crippen LogP contribution in [0.3, 0.4) is 0 Å². The van der Waals surface area contributed by atoms with Crippen LogP contribution in [-0.2, 0) is 0 Å². The molecule has 0 bridgehead atoms. The van der Waals surface area contributed by atoms with E-state index < -0.39 is 0 Å². The van der Waals surface area contributed by atoms with Gasteiger partial charge in [0.2, 0.25) is 0 Å². The van der Waals surface area contributed by atoms with Crippen molar-refractivity contribution in [2.24, 2.45) is 0 Å². The maximum atomic E-state index is 11.9. The Morgan fingerprint density at radius 3 is 1.65 bits per heavy atom. The summed E-state index contributed by atoms with van der Waals surface area (Å²) in [5.74, 6) is -0.731. The molecule has 0 saturated carbocycles. The van der Waals surface area contributed by atoms with Crippen LogP contribution in [-0.4, -0.2) is 16.9 Å². The van der Waals surface area contributed by atoms with Crippen LogP contribution in [0.2, 0.25) is 0 Å². The Bertz CT molecular complexity index is 733. The largest absolute Gasteiger partial charge is 0.298 e. The lowest BCUT2D eigenvalue weighted by Crippen LogP contribution is -2.48. The molecular weight excluding hydrogens is 446 g/mol. The van der Waals surface area contributed by atoms with E-state index in [-0.39, 0.29) is 16.9 Å². The van der Waals surface area contributed by atoms with Crippen LogP contribution >= 0.6 is 44.1 Å². The molecule has 0 aliphatic heterocycles. The molecule has 8 heteroatoms. The fourth-order valence-electron chi connectivity index (χ4n) is 1.59. The van der Waals surface area contributed by atoms with Gasteiger partial charge in [0.1, 0.15) is 0 Å². The van der Waals surface area contributed by atoms with Gasteiger partial charge in [0.25, 0.3) is 11.8 Å². The molecule has 0 aliphatic carbocycles. The smallest absolute Gasteiger partial charge is 0.269 e. The number of halogens is 2. The van der Waals surface area contributed by atoms with E-state index in [1.807, 2.05) is 0 Å². The van der Waals surface area contributed by atoms with Gasteiger partial charge < -0.3 is 0 Å². The molecule has 2 aromatic rings. The molecule has 2 amide bonds. The van der Waals surface area contributed by atoms with Crippen molar-refractivity contribution in [3.63, 3.8) is 0 Å². The molecule has 0 fully saturated rings. The maximum Gasteiger partial charge on any atom is 0.269 e. The lowest BCUT2D eigenvalue weighted by Gasteiger charge is -2.11. The quantitative estimate of drug-likeness (QED) is 0.479. The third kappa shape index (κ3) is 5.42. The summed E-state index contributed by atoms with van der Waals surface area (Å²) in [6, 6.07) is 13.6. The molecule has 0 heterocycles. The highest BCUT2D eigenvalue weighted by Crippen LogP contribution is 2.11. The summed E-state index contributed by atoms with van der Waals surface area (Å²) in [4.78, 5) is 23.8. The second kappa shape index (κ2) is 8.19. The summed E-state index contributed by atoms with van der Waals surface area (Å²) < 4.78 is 1.75. The summed E-state index contributed by atoms with van der Waals surface area (Å²) >= 11 is 11.6. The molecule has 0 unspecified atom stereocenters. The van der Waals surface area contributed by atoms with Crippen LogP contribution in [0, 0.1) is 0 Å². The lowest BCUT2D eigenvalue weighted by atomic mass is 10.2. The average molecular weight is 457 g/mol. The summed E-state index contributed by atoms with van der Waals surface area (Å²) in [6.45, 7) is 0. The minimum atomic E-state index is -0.368. The third-order valence-corrected chi connectivity index (χ3v) is 3.99. The van der Waals surface area contributed by atoms with Gasteiger partial charge >= 0.3 is 0 Å².